The number of nitrogens with zero attached hydrogens (tertiary/aromatic N) is 3. The SMILES string of the molecule is Cc1nc(-c2ccco2)nc(SCC(=O)Nc2ccc(F)cc2)c1C#N. The number of carbonyl (C=O) groups excluding carboxylic acids is 1. The molecule has 0 spiro atoms. The fraction of sp³-hybridized carbons (Fsp3) is 0.111. The van der Waals surface area contributed by atoms with E-state index in [0.29, 0.717) is 33.6 Å². The minimum absolute atomic E-state index is 0.0418. The molecule has 3 rings (SSSR count). The van der Waals surface area contributed by atoms with E-state index in [1.54, 1.807) is 19.1 Å². The van der Waals surface area contributed by atoms with E-state index in [2.05, 4.69) is 21.4 Å². The van der Waals surface area contributed by atoms with Crippen molar-refractivity contribution in [2.24, 2.45) is 0 Å². The lowest BCUT2D eigenvalue weighted by Gasteiger charge is -2.08. The maximum Gasteiger partial charge on any atom is 0.234 e. The Hall–Kier alpha value is -3.18. The molecule has 6 nitrogen and oxygen atoms in total. The van der Waals surface area contributed by atoms with Crippen molar-refractivity contribution < 1.29 is 13.6 Å². The largest absolute Gasteiger partial charge is 0.461 e. The maximum absolute atomic E-state index is 12.9. The van der Waals surface area contributed by atoms with Gasteiger partial charge in [0.25, 0.3) is 0 Å². The average molecular weight is 368 g/mol. The van der Waals surface area contributed by atoms with Crippen molar-refractivity contribution in [2.45, 2.75) is 11.9 Å². The summed E-state index contributed by atoms with van der Waals surface area (Å²) < 4.78 is 18.2. The predicted molar refractivity (Wildman–Crippen MR) is 94.9 cm³/mol. The molecule has 0 fully saturated rings. The quantitative estimate of drug-likeness (QED) is 0.544. The lowest BCUT2D eigenvalue weighted by atomic mass is 10.2. The number of hydrogen-bond acceptors (Lipinski definition) is 6. The molecule has 0 aliphatic carbocycles. The number of nitrogens with one attached hydrogen (secondary N) is 1. The van der Waals surface area contributed by atoms with E-state index < -0.39 is 0 Å². The van der Waals surface area contributed by atoms with Crippen LogP contribution < -0.4 is 5.32 Å². The van der Waals surface area contributed by atoms with Gasteiger partial charge in [0.1, 0.15) is 22.5 Å². The van der Waals surface area contributed by atoms with E-state index >= 15 is 0 Å². The third-order valence-corrected chi connectivity index (χ3v) is 4.35. The first-order valence-electron chi connectivity index (χ1n) is 7.57. The van der Waals surface area contributed by atoms with Crippen LogP contribution in [0.1, 0.15) is 11.3 Å². The second kappa shape index (κ2) is 7.80. The molecule has 8 heteroatoms. The molecule has 0 aliphatic rings. The number of furan rings is 1. The van der Waals surface area contributed by atoms with Crippen LogP contribution in [-0.2, 0) is 4.79 Å². The Morgan fingerprint density at radius 2 is 2.08 bits per heavy atom. The van der Waals surface area contributed by atoms with Gasteiger partial charge in [-0.3, -0.25) is 4.79 Å². The molecule has 0 radical (unpaired) electrons. The molecule has 0 unspecified atom stereocenters. The molecule has 2 heterocycles. The van der Waals surface area contributed by atoms with Gasteiger partial charge >= 0.3 is 0 Å². The van der Waals surface area contributed by atoms with Gasteiger partial charge in [0.2, 0.25) is 5.91 Å². The summed E-state index contributed by atoms with van der Waals surface area (Å²) in [5.74, 6) is 0.211. The molecular formula is C18H13FN4O2S. The number of halogens is 1. The number of carbonyl (C=O) groups is 1. The lowest BCUT2D eigenvalue weighted by molar-refractivity contribution is -0.113. The van der Waals surface area contributed by atoms with Crippen molar-refractivity contribution in [3.63, 3.8) is 0 Å². The molecule has 1 amide bonds. The summed E-state index contributed by atoms with van der Waals surface area (Å²) in [6, 6.07) is 11.0. The Balaban J connectivity index is 1.75. The zero-order valence-corrected chi connectivity index (χ0v) is 14.5. The summed E-state index contributed by atoms with van der Waals surface area (Å²) >= 11 is 1.13. The van der Waals surface area contributed by atoms with Crippen LogP contribution in [0.4, 0.5) is 10.1 Å². The molecule has 2 aromatic heterocycles. The molecule has 1 N–H and O–H groups in total. The summed E-state index contributed by atoms with van der Waals surface area (Å²) in [5, 5.41) is 12.4. The van der Waals surface area contributed by atoms with Gasteiger partial charge in [0.15, 0.2) is 11.6 Å². The van der Waals surface area contributed by atoms with Gasteiger partial charge in [-0.25, -0.2) is 14.4 Å². The third kappa shape index (κ3) is 4.07. The number of benzene rings is 1. The number of nitriles is 1. The number of aromatic nitrogens is 2. The van der Waals surface area contributed by atoms with Crippen LogP contribution in [-0.4, -0.2) is 21.6 Å². The summed E-state index contributed by atoms with van der Waals surface area (Å²) in [5.41, 5.74) is 1.32. The maximum atomic E-state index is 12.9. The summed E-state index contributed by atoms with van der Waals surface area (Å²) in [7, 11) is 0. The first kappa shape index (κ1) is 17.6. The average Bonchev–Trinajstić information content (AvgIpc) is 3.16. The van der Waals surface area contributed by atoms with Gasteiger partial charge in [-0.15, -0.1) is 0 Å². The Bertz CT molecular complexity index is 966. The van der Waals surface area contributed by atoms with Crippen LogP contribution in [0.2, 0.25) is 0 Å². The van der Waals surface area contributed by atoms with Crippen LogP contribution in [0.25, 0.3) is 11.6 Å². The van der Waals surface area contributed by atoms with Crippen LogP contribution in [0.15, 0.2) is 52.1 Å². The zero-order chi connectivity index (χ0) is 18.5. The topological polar surface area (TPSA) is 91.8 Å². The molecule has 3 aromatic rings. The highest BCUT2D eigenvalue weighted by Gasteiger charge is 2.16. The summed E-state index contributed by atoms with van der Waals surface area (Å²) in [6.07, 6.45) is 1.51. The van der Waals surface area contributed by atoms with E-state index in [-0.39, 0.29) is 17.5 Å². The van der Waals surface area contributed by atoms with E-state index in [4.69, 9.17) is 4.42 Å². The van der Waals surface area contributed by atoms with Crippen molar-refractivity contribution >= 4 is 23.4 Å². The Labute approximate surface area is 153 Å². The number of hydrogen-bond donors (Lipinski definition) is 1. The van der Waals surface area contributed by atoms with Gasteiger partial charge in [-0.1, -0.05) is 11.8 Å². The number of rotatable bonds is 5. The second-order valence-corrected chi connectivity index (χ2v) is 6.21. The summed E-state index contributed by atoms with van der Waals surface area (Å²) in [4.78, 5) is 20.7. The minimum atomic E-state index is -0.377. The van der Waals surface area contributed by atoms with Gasteiger partial charge in [0.05, 0.1) is 17.7 Å². The molecule has 0 aliphatic heterocycles. The summed E-state index contributed by atoms with van der Waals surface area (Å²) in [6.45, 7) is 1.70. The van der Waals surface area contributed by atoms with Crippen LogP contribution in [0.5, 0.6) is 0 Å². The van der Waals surface area contributed by atoms with Crippen molar-refractivity contribution in [3.05, 3.63) is 59.7 Å². The highest BCUT2D eigenvalue weighted by Crippen LogP contribution is 2.26. The fourth-order valence-electron chi connectivity index (χ4n) is 2.16. The van der Waals surface area contributed by atoms with Gasteiger partial charge < -0.3 is 9.73 Å². The Morgan fingerprint density at radius 1 is 1.31 bits per heavy atom. The predicted octanol–water partition coefficient (Wildman–Crippen LogP) is 3.79. The van der Waals surface area contributed by atoms with Crippen molar-refractivity contribution in [1.29, 1.82) is 5.26 Å². The van der Waals surface area contributed by atoms with E-state index in [1.165, 1.54) is 30.5 Å². The minimum Gasteiger partial charge on any atom is -0.461 e. The first-order chi connectivity index (χ1) is 12.6. The monoisotopic (exact) mass is 368 g/mol. The molecule has 1 aromatic carbocycles. The van der Waals surface area contributed by atoms with Gasteiger partial charge in [-0.05, 0) is 43.3 Å². The molecular weight excluding hydrogens is 355 g/mol. The van der Waals surface area contributed by atoms with Crippen molar-refractivity contribution in [3.8, 4) is 17.7 Å². The third-order valence-electron chi connectivity index (χ3n) is 3.38. The highest BCUT2D eigenvalue weighted by atomic mass is 32.2. The normalized spacial score (nSPS) is 10.3. The van der Waals surface area contributed by atoms with Crippen molar-refractivity contribution in [2.75, 3.05) is 11.1 Å². The van der Waals surface area contributed by atoms with Crippen LogP contribution in [0, 0.1) is 24.1 Å². The number of thioether (sulfide) groups is 1. The van der Waals surface area contributed by atoms with E-state index in [9.17, 15) is 14.4 Å². The van der Waals surface area contributed by atoms with Gasteiger partial charge in [-0.2, -0.15) is 5.26 Å². The molecule has 26 heavy (non-hydrogen) atoms. The molecule has 130 valence electrons. The van der Waals surface area contributed by atoms with Crippen molar-refractivity contribution in [1.82, 2.24) is 9.97 Å². The van der Waals surface area contributed by atoms with Crippen LogP contribution >= 0.6 is 11.8 Å². The van der Waals surface area contributed by atoms with E-state index in [0.717, 1.165) is 11.8 Å². The molecule has 0 atom stereocenters. The lowest BCUT2D eigenvalue weighted by Crippen LogP contribution is -2.14. The smallest absolute Gasteiger partial charge is 0.234 e. The molecule has 0 saturated carbocycles. The zero-order valence-electron chi connectivity index (χ0n) is 13.7. The number of anilines is 1. The highest BCUT2D eigenvalue weighted by molar-refractivity contribution is 8.00. The number of aryl methyl sites for hydroxylation is 1. The number of amides is 1. The molecule has 0 bridgehead atoms. The first-order valence-corrected chi connectivity index (χ1v) is 8.56. The van der Waals surface area contributed by atoms with E-state index in [1.807, 2.05) is 0 Å². The molecule has 0 saturated heterocycles. The Morgan fingerprint density at radius 3 is 2.73 bits per heavy atom. The van der Waals surface area contributed by atoms with Crippen LogP contribution in [0.3, 0.4) is 0 Å². The Kier molecular flexibility index (Phi) is 5.29. The van der Waals surface area contributed by atoms with Gasteiger partial charge in [0, 0.05) is 5.69 Å². The fourth-order valence-corrected chi connectivity index (χ4v) is 2.99. The standard InChI is InChI=1S/C18H13FN4O2S/c1-11-14(9-20)18(23-17(21-11)15-3-2-8-25-15)26-10-16(24)22-13-6-4-12(19)5-7-13/h2-8H,10H2,1H3,(H,22,24). The second-order valence-electron chi connectivity index (χ2n) is 5.25.